The Labute approximate surface area is 172 Å². The minimum absolute atomic E-state index is 0.0871. The van der Waals surface area contributed by atoms with Crippen molar-refractivity contribution in [2.24, 2.45) is 0 Å². The minimum Gasteiger partial charge on any atom is -0.459 e. The lowest BCUT2D eigenvalue weighted by Gasteiger charge is -2.05. The predicted octanol–water partition coefficient (Wildman–Crippen LogP) is 3.66. The lowest BCUT2D eigenvalue weighted by atomic mass is 10.1. The van der Waals surface area contributed by atoms with Crippen LogP contribution in [-0.4, -0.2) is 16.0 Å². The molecule has 0 spiro atoms. The van der Waals surface area contributed by atoms with E-state index in [1.807, 2.05) is 19.1 Å². The summed E-state index contributed by atoms with van der Waals surface area (Å²) in [6, 6.07) is 20.8. The van der Waals surface area contributed by atoms with Gasteiger partial charge in [-0.1, -0.05) is 64.2 Å². The summed E-state index contributed by atoms with van der Waals surface area (Å²) >= 11 is 6.10. The van der Waals surface area contributed by atoms with Gasteiger partial charge in [-0.2, -0.15) is 0 Å². The smallest absolute Gasteiger partial charge is 0.459 e. The van der Waals surface area contributed by atoms with E-state index in [2.05, 4.69) is 0 Å². The number of hydrogen-bond acceptors (Lipinski definition) is 3. The van der Waals surface area contributed by atoms with Crippen LogP contribution in [0.5, 0.6) is 11.9 Å². The molecule has 144 valence electrons. The van der Waals surface area contributed by atoms with Crippen LogP contribution in [-0.2, 0) is 6.54 Å². The van der Waals surface area contributed by atoms with Crippen LogP contribution in [0, 0.1) is 6.92 Å². The number of hydrogen-bond donors (Lipinski definition) is 2. The van der Waals surface area contributed by atoms with Crippen molar-refractivity contribution in [3.8, 4) is 17.6 Å². The lowest BCUT2D eigenvalue weighted by molar-refractivity contribution is -0.774. The van der Waals surface area contributed by atoms with Crippen LogP contribution < -0.4 is 9.13 Å². The second-order valence-corrected chi connectivity index (χ2v) is 7.27. The van der Waals surface area contributed by atoms with Gasteiger partial charge in [-0.3, -0.25) is 4.79 Å². The summed E-state index contributed by atoms with van der Waals surface area (Å²) < 4.78 is 2.76. The molecule has 1 heterocycles. The van der Waals surface area contributed by atoms with Crippen molar-refractivity contribution in [3.63, 3.8) is 0 Å². The Bertz CT molecular complexity index is 1240. The highest BCUT2D eigenvalue weighted by Crippen LogP contribution is 2.23. The van der Waals surface area contributed by atoms with Crippen molar-refractivity contribution in [2.75, 3.05) is 0 Å². The quantitative estimate of drug-likeness (QED) is 0.401. The third-order valence-corrected chi connectivity index (χ3v) is 5.07. The molecule has 6 heteroatoms. The fourth-order valence-electron chi connectivity index (χ4n) is 3.32. The normalized spacial score (nSPS) is 11.0. The molecule has 0 atom stereocenters. The monoisotopic (exact) mass is 406 g/mol. The van der Waals surface area contributed by atoms with Crippen molar-refractivity contribution in [1.82, 2.24) is 0 Å². The first-order chi connectivity index (χ1) is 14.0. The summed E-state index contributed by atoms with van der Waals surface area (Å²) in [7, 11) is 0. The molecule has 0 unspecified atom stereocenters. The largest absolute Gasteiger partial charge is 0.638 e. The summed E-state index contributed by atoms with van der Waals surface area (Å²) in [6.45, 7) is 1.87. The van der Waals surface area contributed by atoms with Crippen LogP contribution in [0.3, 0.4) is 0 Å². The topological polar surface area (TPSA) is 65.3 Å². The van der Waals surface area contributed by atoms with Gasteiger partial charge in [0.05, 0.1) is 0 Å². The van der Waals surface area contributed by atoms with Gasteiger partial charge >= 0.3 is 11.9 Å². The van der Waals surface area contributed by atoms with Crippen molar-refractivity contribution in [3.05, 3.63) is 88.9 Å². The van der Waals surface area contributed by atoms with Crippen molar-refractivity contribution in [1.29, 1.82) is 0 Å². The number of Topliss-reactive ketones (excluding diaryl/α,β-unsaturated/α-hetero) is 1. The highest BCUT2D eigenvalue weighted by atomic mass is 35.5. The molecule has 0 saturated heterocycles. The number of nitrogens with zero attached hydrogens (tertiary/aromatic N) is 2. The van der Waals surface area contributed by atoms with Crippen LogP contribution in [0.4, 0.5) is 0 Å². The molecular formula is C23H19ClN2O3+2. The average Bonchev–Trinajstić information content (AvgIpc) is 2.72. The van der Waals surface area contributed by atoms with Gasteiger partial charge in [0.2, 0.25) is 23.5 Å². The van der Waals surface area contributed by atoms with E-state index in [-0.39, 0.29) is 24.2 Å². The van der Waals surface area contributed by atoms with Gasteiger partial charge in [-0.05, 0) is 23.6 Å². The number of aryl methyl sites for hydroxylation is 1. The Hall–Kier alpha value is -3.44. The van der Waals surface area contributed by atoms with E-state index < -0.39 is 0 Å². The summed E-state index contributed by atoms with van der Waals surface area (Å²) in [5.41, 5.74) is 2.64. The minimum atomic E-state index is -0.274. The molecule has 0 amide bonds. The van der Waals surface area contributed by atoms with E-state index in [4.69, 9.17) is 11.6 Å². The maximum Gasteiger partial charge on any atom is 0.638 e. The van der Waals surface area contributed by atoms with Crippen LogP contribution in [0.2, 0.25) is 5.02 Å². The van der Waals surface area contributed by atoms with Gasteiger partial charge in [-0.15, -0.1) is 0 Å². The van der Waals surface area contributed by atoms with Crippen molar-refractivity contribution < 1.29 is 24.1 Å². The fourth-order valence-corrected chi connectivity index (χ4v) is 3.51. The molecule has 0 bridgehead atoms. The van der Waals surface area contributed by atoms with Gasteiger partial charge in [0.15, 0.2) is 5.39 Å². The van der Waals surface area contributed by atoms with Crippen LogP contribution in [0.15, 0.2) is 72.8 Å². The Balaban J connectivity index is 1.91. The van der Waals surface area contributed by atoms with Gasteiger partial charge < -0.3 is 10.2 Å². The Kier molecular flexibility index (Phi) is 4.91. The van der Waals surface area contributed by atoms with E-state index in [0.29, 0.717) is 27.2 Å². The summed E-state index contributed by atoms with van der Waals surface area (Å²) in [5, 5.41) is 22.8. The molecule has 0 radical (unpaired) electrons. The SMILES string of the molecule is Cc1ccc(C(=O)C[n+]2c(O)[n+](-c3cccc(Cl)c3)c(O)c3ccccc32)cc1. The van der Waals surface area contributed by atoms with E-state index in [9.17, 15) is 15.0 Å². The molecule has 2 N–H and O–H groups in total. The number of carbonyl (C=O) groups is 1. The maximum atomic E-state index is 12.9. The number of benzene rings is 3. The molecule has 0 aliphatic rings. The zero-order chi connectivity index (χ0) is 20.5. The predicted molar refractivity (Wildman–Crippen MR) is 110 cm³/mol. The number of aromatic nitrogens is 2. The lowest BCUT2D eigenvalue weighted by Crippen LogP contribution is -2.48. The third kappa shape index (κ3) is 3.52. The van der Waals surface area contributed by atoms with E-state index in [1.165, 1.54) is 9.13 Å². The molecule has 0 fully saturated rings. The van der Waals surface area contributed by atoms with E-state index >= 15 is 0 Å². The molecule has 5 nitrogen and oxygen atoms in total. The number of fused-ring (bicyclic) bond motifs is 1. The Morgan fingerprint density at radius 1 is 0.966 bits per heavy atom. The van der Waals surface area contributed by atoms with Crippen LogP contribution >= 0.6 is 11.6 Å². The number of rotatable bonds is 4. The standard InChI is InChI=1S/C23H17ClN2O3/c1-15-9-11-16(12-10-15)21(27)14-25-20-8-3-2-7-19(20)22(28)26(23(25)29)18-6-4-5-17(24)13-18/h2-13H,14H2,1H3/p+2. The first-order valence-corrected chi connectivity index (χ1v) is 9.48. The van der Waals surface area contributed by atoms with Gasteiger partial charge in [0, 0.05) is 28.8 Å². The number of halogens is 1. The number of carbonyl (C=O) groups excluding carboxylic acids is 1. The van der Waals surface area contributed by atoms with Gasteiger partial charge in [0.25, 0.3) is 0 Å². The second-order valence-electron chi connectivity index (χ2n) is 6.83. The highest BCUT2D eigenvalue weighted by Gasteiger charge is 2.36. The number of aromatic hydroxyl groups is 2. The number of ketones is 1. The fraction of sp³-hybridized carbons (Fsp3) is 0.0870. The molecule has 4 aromatic rings. The van der Waals surface area contributed by atoms with Crippen molar-refractivity contribution in [2.45, 2.75) is 13.5 Å². The van der Waals surface area contributed by atoms with Crippen molar-refractivity contribution >= 4 is 28.3 Å². The molecule has 0 saturated carbocycles. The zero-order valence-corrected chi connectivity index (χ0v) is 16.5. The second kappa shape index (κ2) is 7.53. The van der Waals surface area contributed by atoms with Crippen LogP contribution in [0.1, 0.15) is 15.9 Å². The third-order valence-electron chi connectivity index (χ3n) is 4.83. The summed E-state index contributed by atoms with van der Waals surface area (Å²) in [6.07, 6.45) is 0. The van der Waals surface area contributed by atoms with Crippen LogP contribution in [0.25, 0.3) is 16.6 Å². The molecular weight excluding hydrogens is 388 g/mol. The van der Waals surface area contributed by atoms with Gasteiger partial charge in [0.1, 0.15) is 0 Å². The van der Waals surface area contributed by atoms with E-state index in [0.717, 1.165) is 5.56 Å². The van der Waals surface area contributed by atoms with Gasteiger partial charge in [-0.25, -0.2) is 0 Å². The Morgan fingerprint density at radius 2 is 1.69 bits per heavy atom. The zero-order valence-electron chi connectivity index (χ0n) is 15.7. The summed E-state index contributed by atoms with van der Waals surface area (Å²) in [5.74, 6) is -0.293. The molecule has 0 aliphatic heterocycles. The van der Waals surface area contributed by atoms with E-state index in [1.54, 1.807) is 60.7 Å². The molecule has 1 aromatic heterocycles. The molecule has 4 rings (SSSR count). The number of para-hydroxylation sites is 1. The average molecular weight is 407 g/mol. The Morgan fingerprint density at radius 3 is 2.41 bits per heavy atom. The first-order valence-electron chi connectivity index (χ1n) is 9.10. The molecule has 0 aliphatic carbocycles. The molecule has 3 aromatic carbocycles. The molecule has 29 heavy (non-hydrogen) atoms. The maximum absolute atomic E-state index is 12.9. The highest BCUT2D eigenvalue weighted by molar-refractivity contribution is 6.30. The first kappa shape index (κ1) is 18.9. The summed E-state index contributed by atoms with van der Waals surface area (Å²) in [4.78, 5) is 12.9.